The molecule has 1 saturated heterocycles. The largest absolute Gasteiger partial charge is 0.493 e. The normalized spacial score (nSPS) is 22.3. The maximum Gasteiger partial charge on any atom is 0.417 e. The van der Waals surface area contributed by atoms with E-state index in [1.165, 1.54) is 5.56 Å². The van der Waals surface area contributed by atoms with E-state index in [0.29, 0.717) is 31.9 Å². The van der Waals surface area contributed by atoms with Crippen LogP contribution in [0.15, 0.2) is 54.7 Å². The zero-order chi connectivity index (χ0) is 32.3. The average molecular weight is 640 g/mol. The van der Waals surface area contributed by atoms with Crippen molar-refractivity contribution < 1.29 is 32.5 Å². The number of pyridine rings is 1. The van der Waals surface area contributed by atoms with Crippen molar-refractivity contribution in [1.29, 1.82) is 0 Å². The number of benzene rings is 2. The molecule has 1 unspecified atom stereocenters. The summed E-state index contributed by atoms with van der Waals surface area (Å²) in [5, 5.41) is 12.1. The van der Waals surface area contributed by atoms with Crippen LogP contribution in [0.25, 0.3) is 11.1 Å². The van der Waals surface area contributed by atoms with E-state index in [4.69, 9.17) is 15.2 Å². The first-order valence-corrected chi connectivity index (χ1v) is 15.9. The van der Waals surface area contributed by atoms with E-state index < -0.39 is 17.6 Å². The Kier molecular flexibility index (Phi) is 9.78. The third-order valence-electron chi connectivity index (χ3n) is 9.30. The van der Waals surface area contributed by atoms with E-state index in [1.54, 1.807) is 0 Å². The van der Waals surface area contributed by atoms with Crippen molar-refractivity contribution >= 4 is 11.7 Å². The molecule has 9 nitrogen and oxygen atoms in total. The molecular formula is C34H40F3N5O4. The Morgan fingerprint density at radius 2 is 1.80 bits per heavy atom. The molecule has 12 heteroatoms. The number of nitrogens with one attached hydrogen (secondary N) is 1. The molecule has 1 aromatic heterocycles. The summed E-state index contributed by atoms with van der Waals surface area (Å²) in [6, 6.07) is 15.3. The Bertz CT molecular complexity index is 1510. The molecule has 1 amide bonds. The molecule has 0 bridgehead atoms. The summed E-state index contributed by atoms with van der Waals surface area (Å²) in [6.45, 7) is 5.82. The molecule has 4 N–H and O–H groups in total. The maximum atomic E-state index is 13.1. The fourth-order valence-corrected chi connectivity index (χ4v) is 6.72. The van der Waals surface area contributed by atoms with Gasteiger partial charge in [0.25, 0.3) is 5.91 Å². The second-order valence-corrected chi connectivity index (χ2v) is 12.2. The van der Waals surface area contributed by atoms with E-state index in [-0.39, 0.29) is 30.1 Å². The number of aliphatic hydroxyl groups is 1. The first kappa shape index (κ1) is 32.2. The Balaban J connectivity index is 1.05. The lowest BCUT2D eigenvalue weighted by atomic mass is 9.94. The predicted molar refractivity (Wildman–Crippen MR) is 167 cm³/mol. The summed E-state index contributed by atoms with van der Waals surface area (Å²) in [5.41, 5.74) is 8.74. The van der Waals surface area contributed by atoms with Crippen molar-refractivity contribution in [3.63, 3.8) is 0 Å². The number of hydrogen-bond acceptors (Lipinski definition) is 8. The Hall–Kier alpha value is -3.71. The number of aliphatic hydroxyl groups excluding tert-OH is 1. The van der Waals surface area contributed by atoms with Crippen LogP contribution >= 0.6 is 0 Å². The van der Waals surface area contributed by atoms with Crippen LogP contribution in [0, 0.1) is 0 Å². The smallest absolute Gasteiger partial charge is 0.417 e. The number of aromatic nitrogens is 1. The molecule has 6 rings (SSSR count). The van der Waals surface area contributed by atoms with E-state index in [1.807, 2.05) is 12.1 Å². The Labute approximate surface area is 266 Å². The lowest BCUT2D eigenvalue weighted by Crippen LogP contribution is -2.48. The van der Waals surface area contributed by atoms with Crippen LogP contribution in [0.5, 0.6) is 5.75 Å². The van der Waals surface area contributed by atoms with Crippen molar-refractivity contribution in [2.75, 3.05) is 51.7 Å². The second kappa shape index (κ2) is 14.0. The number of β-amino-alcohol motifs (C(OH)–C–C–N with tert-alkyl or cyclic N) is 1. The molecule has 2 fully saturated rings. The number of rotatable bonds is 9. The molecule has 3 aliphatic rings. The summed E-state index contributed by atoms with van der Waals surface area (Å²) >= 11 is 0. The van der Waals surface area contributed by atoms with Crippen molar-refractivity contribution in [2.24, 2.45) is 0 Å². The third kappa shape index (κ3) is 7.30. The van der Waals surface area contributed by atoms with Gasteiger partial charge in [0.05, 0.1) is 43.1 Å². The summed E-state index contributed by atoms with van der Waals surface area (Å²) in [7, 11) is 0. The number of ether oxygens (including phenoxy) is 2. The molecular weight excluding hydrogens is 599 g/mol. The van der Waals surface area contributed by atoms with Gasteiger partial charge in [0.2, 0.25) is 0 Å². The van der Waals surface area contributed by atoms with Gasteiger partial charge in [-0.2, -0.15) is 13.2 Å². The molecule has 2 aliphatic heterocycles. The second-order valence-electron chi connectivity index (χ2n) is 12.2. The van der Waals surface area contributed by atoms with Gasteiger partial charge >= 0.3 is 6.18 Å². The van der Waals surface area contributed by atoms with Gasteiger partial charge in [-0.1, -0.05) is 36.4 Å². The van der Waals surface area contributed by atoms with Crippen molar-refractivity contribution in [3.8, 4) is 16.9 Å². The van der Waals surface area contributed by atoms with Gasteiger partial charge in [0.15, 0.2) is 0 Å². The van der Waals surface area contributed by atoms with Gasteiger partial charge in [-0.15, -0.1) is 0 Å². The van der Waals surface area contributed by atoms with Gasteiger partial charge in [-0.05, 0) is 48.1 Å². The number of fused-ring (bicyclic) bond motifs is 1. The van der Waals surface area contributed by atoms with Gasteiger partial charge in [-0.25, -0.2) is 4.98 Å². The topological polar surface area (TPSA) is 113 Å². The van der Waals surface area contributed by atoms with Gasteiger partial charge in [0, 0.05) is 56.9 Å². The predicted octanol–water partition coefficient (Wildman–Crippen LogP) is 4.65. The summed E-state index contributed by atoms with van der Waals surface area (Å²) in [4.78, 5) is 21.2. The van der Waals surface area contributed by atoms with E-state index >= 15 is 0 Å². The minimum Gasteiger partial charge on any atom is -0.493 e. The molecule has 1 aliphatic carbocycles. The molecule has 0 spiro atoms. The van der Waals surface area contributed by atoms with E-state index in [2.05, 4.69) is 50.4 Å². The number of nitrogen functional groups attached to an aromatic ring is 1. The van der Waals surface area contributed by atoms with Crippen LogP contribution in [0.4, 0.5) is 19.0 Å². The van der Waals surface area contributed by atoms with Crippen LogP contribution < -0.4 is 15.8 Å². The first-order chi connectivity index (χ1) is 22.2. The highest BCUT2D eigenvalue weighted by Gasteiger charge is 2.34. The quantitative estimate of drug-likeness (QED) is 0.310. The van der Waals surface area contributed by atoms with E-state index in [0.717, 1.165) is 80.5 Å². The minimum absolute atomic E-state index is 0.196. The average Bonchev–Trinajstić information content (AvgIpc) is 3.50. The highest BCUT2D eigenvalue weighted by atomic mass is 19.4. The van der Waals surface area contributed by atoms with Crippen LogP contribution in [-0.4, -0.2) is 83.9 Å². The molecule has 246 valence electrons. The van der Waals surface area contributed by atoms with E-state index in [9.17, 15) is 23.1 Å². The van der Waals surface area contributed by atoms with Crippen molar-refractivity contribution in [2.45, 2.75) is 56.7 Å². The fraction of sp³-hybridized carbons (Fsp3) is 0.471. The SMILES string of the molecule is Nc1ncc(C(F)(F)F)cc1C(=O)N[C@H]1CCC[C@@H]1OCc1ccc(-c2ccc3c(c2)OCCC3N2CCN(CCO)CC2)cc1. The molecule has 46 heavy (non-hydrogen) atoms. The third-order valence-corrected chi connectivity index (χ3v) is 9.30. The Morgan fingerprint density at radius 3 is 2.54 bits per heavy atom. The molecule has 3 heterocycles. The number of hydrogen-bond donors (Lipinski definition) is 3. The number of amides is 1. The van der Waals surface area contributed by atoms with Crippen molar-refractivity contribution in [1.82, 2.24) is 20.1 Å². The number of nitrogens with zero attached hydrogens (tertiary/aromatic N) is 3. The minimum atomic E-state index is -4.63. The van der Waals surface area contributed by atoms with Crippen LogP contribution in [0.2, 0.25) is 0 Å². The van der Waals surface area contributed by atoms with Crippen molar-refractivity contribution in [3.05, 3.63) is 77.0 Å². The zero-order valence-corrected chi connectivity index (χ0v) is 25.6. The van der Waals surface area contributed by atoms with Gasteiger partial charge in [0.1, 0.15) is 11.6 Å². The number of carbonyl (C=O) groups is 1. The molecule has 2 aromatic carbocycles. The summed E-state index contributed by atoms with van der Waals surface area (Å²) < 4.78 is 51.7. The number of alkyl halides is 3. The van der Waals surface area contributed by atoms with Crippen LogP contribution in [0.1, 0.15) is 58.8 Å². The maximum absolute atomic E-state index is 13.1. The lowest BCUT2D eigenvalue weighted by Gasteiger charge is -2.41. The molecule has 1 saturated carbocycles. The lowest BCUT2D eigenvalue weighted by molar-refractivity contribution is -0.137. The summed E-state index contributed by atoms with van der Waals surface area (Å²) in [6.07, 6.45) is -1.10. The number of nitrogens with two attached hydrogens (primary N) is 1. The summed E-state index contributed by atoms with van der Waals surface area (Å²) in [5.74, 6) is -0.0161. The fourth-order valence-electron chi connectivity index (χ4n) is 6.72. The molecule has 3 atom stereocenters. The zero-order valence-electron chi connectivity index (χ0n) is 25.6. The number of halogens is 3. The molecule has 0 radical (unpaired) electrons. The molecule has 3 aromatic rings. The first-order valence-electron chi connectivity index (χ1n) is 15.9. The number of piperazine rings is 1. The highest BCUT2D eigenvalue weighted by molar-refractivity contribution is 5.98. The standard InChI is InChI=1S/C34H40F3N5O4/c35-34(36,37)25-19-27(32(38)39-20-25)33(44)40-28-2-1-3-30(28)46-21-22-4-6-23(7-5-22)24-8-9-26-29(10-17-45-31(26)18-24)42-13-11-41(12-14-42)15-16-43/h4-9,18-20,28-30,43H,1-3,10-17,21H2,(H2,38,39)(H,40,44)/t28-,29?,30-/m0/s1. The van der Waals surface area contributed by atoms with Gasteiger partial charge in [-0.3, -0.25) is 14.6 Å². The Morgan fingerprint density at radius 1 is 1.04 bits per heavy atom. The monoisotopic (exact) mass is 639 g/mol. The van der Waals surface area contributed by atoms with Gasteiger partial charge < -0.3 is 25.6 Å². The highest BCUT2D eigenvalue weighted by Crippen LogP contribution is 2.39. The number of carbonyl (C=O) groups excluding carboxylic acids is 1. The van der Waals surface area contributed by atoms with Crippen LogP contribution in [0.3, 0.4) is 0 Å². The number of anilines is 1. The van der Waals surface area contributed by atoms with Crippen LogP contribution in [-0.2, 0) is 17.5 Å².